The lowest BCUT2D eigenvalue weighted by molar-refractivity contribution is 0.884. The maximum Gasteiger partial charge on any atom is 0.0657 e. The molecule has 0 radical (unpaired) electrons. The second kappa shape index (κ2) is 5.22. The molecule has 0 fully saturated rings. The maximum absolute atomic E-state index is 6.31. The Balaban J connectivity index is 2.45. The predicted octanol–water partition coefficient (Wildman–Crippen LogP) is 4.94. The van der Waals surface area contributed by atoms with E-state index in [-0.39, 0.29) is 6.04 Å². The zero-order chi connectivity index (χ0) is 12.6. The van der Waals surface area contributed by atoms with Crippen LogP contribution in [0.25, 0.3) is 0 Å². The number of halogens is 2. The maximum atomic E-state index is 6.31. The Morgan fingerprint density at radius 1 is 1.18 bits per heavy atom. The van der Waals surface area contributed by atoms with Gasteiger partial charge in [-0.25, -0.2) is 0 Å². The molecule has 0 aliphatic rings. The summed E-state index contributed by atoms with van der Waals surface area (Å²) in [6, 6.07) is 6.27. The average Bonchev–Trinajstić information content (AvgIpc) is 2.70. The zero-order valence-corrected chi connectivity index (χ0v) is 13.6. The van der Waals surface area contributed by atoms with Crippen molar-refractivity contribution in [3.8, 4) is 0 Å². The fourth-order valence-electron chi connectivity index (χ4n) is 1.84. The highest BCUT2D eigenvalue weighted by atomic mass is 79.9. The van der Waals surface area contributed by atoms with Crippen molar-refractivity contribution in [2.45, 2.75) is 19.9 Å². The smallest absolute Gasteiger partial charge is 0.0657 e. The summed E-state index contributed by atoms with van der Waals surface area (Å²) in [7, 11) is 0. The zero-order valence-electron chi connectivity index (χ0n) is 9.63. The second-order valence-corrected chi connectivity index (χ2v) is 6.67. The Kier molecular flexibility index (Phi) is 4.08. The first-order chi connectivity index (χ1) is 8.00. The van der Waals surface area contributed by atoms with Gasteiger partial charge in [-0.2, -0.15) is 0 Å². The lowest BCUT2D eigenvalue weighted by Crippen LogP contribution is -2.11. The van der Waals surface area contributed by atoms with Crippen molar-refractivity contribution >= 4 is 43.2 Å². The van der Waals surface area contributed by atoms with Gasteiger partial charge in [-0.05, 0) is 57.9 Å². The van der Waals surface area contributed by atoms with Crippen LogP contribution in [0.15, 0.2) is 32.5 Å². The van der Waals surface area contributed by atoms with E-state index in [2.05, 4.69) is 63.2 Å². The van der Waals surface area contributed by atoms with Crippen LogP contribution in [0.2, 0.25) is 0 Å². The van der Waals surface area contributed by atoms with Crippen LogP contribution in [-0.4, -0.2) is 0 Å². The first-order valence-corrected chi connectivity index (χ1v) is 7.72. The van der Waals surface area contributed by atoms with Crippen molar-refractivity contribution < 1.29 is 0 Å². The topological polar surface area (TPSA) is 26.0 Å². The molecule has 2 aromatic rings. The molecule has 90 valence electrons. The molecule has 1 atom stereocenters. The molecule has 0 aliphatic heterocycles. The summed E-state index contributed by atoms with van der Waals surface area (Å²) in [4.78, 5) is 1.17. The molecule has 0 spiro atoms. The van der Waals surface area contributed by atoms with Gasteiger partial charge in [-0.15, -0.1) is 11.3 Å². The highest BCUT2D eigenvalue weighted by Crippen LogP contribution is 2.33. The molecule has 2 rings (SSSR count). The van der Waals surface area contributed by atoms with E-state index in [1.807, 2.05) is 6.07 Å². The molecule has 1 heterocycles. The molecule has 0 bridgehead atoms. The van der Waals surface area contributed by atoms with Crippen LogP contribution in [0, 0.1) is 13.8 Å². The molecule has 0 saturated heterocycles. The van der Waals surface area contributed by atoms with E-state index in [0.29, 0.717) is 0 Å². The average molecular weight is 375 g/mol. The Morgan fingerprint density at radius 2 is 1.76 bits per heavy atom. The molecule has 1 unspecified atom stereocenters. The van der Waals surface area contributed by atoms with E-state index < -0.39 is 0 Å². The van der Waals surface area contributed by atoms with Crippen molar-refractivity contribution in [2.75, 3.05) is 0 Å². The van der Waals surface area contributed by atoms with Gasteiger partial charge in [0.25, 0.3) is 0 Å². The lowest BCUT2D eigenvalue weighted by atomic mass is 10.0. The number of aryl methyl sites for hydroxylation is 2. The minimum absolute atomic E-state index is 0.0603. The molecule has 4 heteroatoms. The van der Waals surface area contributed by atoms with Crippen molar-refractivity contribution in [1.82, 2.24) is 0 Å². The Labute approximate surface area is 122 Å². The monoisotopic (exact) mass is 373 g/mol. The summed E-state index contributed by atoms with van der Waals surface area (Å²) in [6.45, 7) is 4.19. The van der Waals surface area contributed by atoms with Gasteiger partial charge in [0.2, 0.25) is 0 Å². The summed E-state index contributed by atoms with van der Waals surface area (Å²) in [5.74, 6) is 0. The SMILES string of the molecule is Cc1cc(C(N)c2sccc2Br)cc(C)c1Br. The standard InChI is InChI=1S/C13H13Br2NS/c1-7-5-9(6-8(2)11(7)15)12(16)13-10(14)3-4-17-13/h3-6,12H,16H2,1-2H3. The van der Waals surface area contributed by atoms with Crippen molar-refractivity contribution in [3.63, 3.8) is 0 Å². The first kappa shape index (κ1) is 13.3. The summed E-state index contributed by atoms with van der Waals surface area (Å²) in [5.41, 5.74) is 9.92. The normalized spacial score (nSPS) is 12.8. The van der Waals surface area contributed by atoms with E-state index in [4.69, 9.17) is 5.73 Å². The van der Waals surface area contributed by atoms with Crippen LogP contribution < -0.4 is 5.73 Å². The number of hydrogen-bond acceptors (Lipinski definition) is 2. The van der Waals surface area contributed by atoms with Gasteiger partial charge in [0, 0.05) is 13.8 Å². The highest BCUT2D eigenvalue weighted by Gasteiger charge is 2.15. The van der Waals surface area contributed by atoms with Crippen LogP contribution in [0.4, 0.5) is 0 Å². The second-order valence-electron chi connectivity index (χ2n) is 4.08. The van der Waals surface area contributed by atoms with Crippen LogP contribution >= 0.6 is 43.2 Å². The Bertz CT molecular complexity index is 525. The van der Waals surface area contributed by atoms with E-state index in [1.54, 1.807) is 11.3 Å². The Hall–Kier alpha value is -0.160. The van der Waals surface area contributed by atoms with Crippen LogP contribution in [0.5, 0.6) is 0 Å². The molecular weight excluding hydrogens is 362 g/mol. The van der Waals surface area contributed by atoms with Crippen molar-refractivity contribution in [1.29, 1.82) is 0 Å². The third kappa shape index (κ3) is 2.65. The summed E-state index contributed by atoms with van der Waals surface area (Å²) in [6.07, 6.45) is 0. The fourth-order valence-corrected chi connectivity index (χ4v) is 3.71. The van der Waals surface area contributed by atoms with Gasteiger partial charge in [-0.1, -0.05) is 28.1 Å². The molecule has 1 aromatic carbocycles. The van der Waals surface area contributed by atoms with Crippen molar-refractivity contribution in [2.24, 2.45) is 5.73 Å². The van der Waals surface area contributed by atoms with E-state index >= 15 is 0 Å². The van der Waals surface area contributed by atoms with E-state index in [1.165, 1.54) is 20.5 Å². The number of rotatable bonds is 2. The molecule has 0 saturated carbocycles. The van der Waals surface area contributed by atoms with E-state index in [9.17, 15) is 0 Å². The molecular formula is C13H13Br2NS. The van der Waals surface area contributed by atoms with Crippen molar-refractivity contribution in [3.05, 3.63) is 54.1 Å². The third-order valence-corrected chi connectivity index (χ3v) is 5.95. The summed E-state index contributed by atoms with van der Waals surface area (Å²) < 4.78 is 2.26. The first-order valence-electron chi connectivity index (χ1n) is 5.26. The molecule has 0 amide bonds. The van der Waals surface area contributed by atoms with Crippen LogP contribution in [0.1, 0.15) is 27.6 Å². The number of benzene rings is 1. The van der Waals surface area contributed by atoms with Gasteiger partial charge in [-0.3, -0.25) is 0 Å². The summed E-state index contributed by atoms with van der Waals surface area (Å²) >= 11 is 8.80. The summed E-state index contributed by atoms with van der Waals surface area (Å²) in [5, 5.41) is 2.05. The lowest BCUT2D eigenvalue weighted by Gasteiger charge is -2.14. The van der Waals surface area contributed by atoms with E-state index in [0.717, 1.165) is 10.0 Å². The Morgan fingerprint density at radius 3 is 2.24 bits per heavy atom. The van der Waals surface area contributed by atoms with Gasteiger partial charge < -0.3 is 5.73 Å². The number of thiophene rings is 1. The minimum atomic E-state index is -0.0603. The highest BCUT2D eigenvalue weighted by molar-refractivity contribution is 9.10. The van der Waals surface area contributed by atoms with Gasteiger partial charge >= 0.3 is 0 Å². The van der Waals surface area contributed by atoms with Crippen LogP contribution in [-0.2, 0) is 0 Å². The molecule has 2 N–H and O–H groups in total. The number of hydrogen-bond donors (Lipinski definition) is 1. The molecule has 1 nitrogen and oxygen atoms in total. The fraction of sp³-hybridized carbons (Fsp3) is 0.231. The molecule has 0 aliphatic carbocycles. The van der Waals surface area contributed by atoms with Crippen LogP contribution in [0.3, 0.4) is 0 Å². The predicted molar refractivity (Wildman–Crippen MR) is 81.7 cm³/mol. The molecule has 17 heavy (non-hydrogen) atoms. The minimum Gasteiger partial charge on any atom is -0.320 e. The quantitative estimate of drug-likeness (QED) is 0.791. The van der Waals surface area contributed by atoms with Gasteiger partial charge in [0.05, 0.1) is 6.04 Å². The third-order valence-electron chi connectivity index (χ3n) is 2.75. The number of nitrogens with two attached hydrogens (primary N) is 1. The van der Waals surface area contributed by atoms with Gasteiger partial charge in [0.15, 0.2) is 0 Å². The molecule has 1 aromatic heterocycles. The van der Waals surface area contributed by atoms with Gasteiger partial charge in [0.1, 0.15) is 0 Å². The largest absolute Gasteiger partial charge is 0.320 e.